The van der Waals surface area contributed by atoms with E-state index in [2.05, 4.69) is 32.9 Å². The lowest BCUT2D eigenvalue weighted by Crippen LogP contribution is -1.97. The smallest absolute Gasteiger partial charge is 0.118 e. The molecule has 2 atom stereocenters. The topological polar surface area (TPSA) is 18.5 Å². The third-order valence-electron chi connectivity index (χ3n) is 2.64. The van der Waals surface area contributed by atoms with E-state index in [0.717, 1.165) is 18.5 Å². The lowest BCUT2D eigenvalue weighted by molar-refractivity contribution is 0.373. The summed E-state index contributed by atoms with van der Waals surface area (Å²) in [6.45, 7) is 7.31. The molecule has 0 aromatic heterocycles. The second kappa shape index (κ2) is 6.88. The minimum atomic E-state index is -0.351. The number of ether oxygens (including phenoxy) is 1. The number of benzene rings is 1. The van der Waals surface area contributed by atoms with E-state index in [0.29, 0.717) is 5.66 Å². The molecule has 90 valence electrons. The Kier molecular flexibility index (Phi) is 5.79. The molecule has 1 aromatic rings. The summed E-state index contributed by atoms with van der Waals surface area (Å²) in [7, 11) is 1.34. The Morgan fingerprint density at radius 1 is 1.19 bits per heavy atom. The van der Waals surface area contributed by atoms with Crippen molar-refractivity contribution in [2.75, 3.05) is 19.9 Å². The molecule has 0 bridgehead atoms. The predicted molar refractivity (Wildman–Crippen MR) is 70.5 cm³/mol. The van der Waals surface area contributed by atoms with E-state index in [4.69, 9.17) is 9.26 Å². The fourth-order valence-electron chi connectivity index (χ4n) is 1.69. The highest BCUT2D eigenvalue weighted by molar-refractivity contribution is 7.52. The molecule has 0 amide bonds. The summed E-state index contributed by atoms with van der Waals surface area (Å²) in [4.78, 5) is 0. The largest absolute Gasteiger partial charge is 0.497 e. The first-order valence-corrected chi connectivity index (χ1v) is 7.27. The quantitative estimate of drug-likeness (QED) is 0.693. The van der Waals surface area contributed by atoms with Gasteiger partial charge in [0.15, 0.2) is 0 Å². The molecule has 1 rings (SSSR count). The number of hydrogen-bond donors (Lipinski definition) is 0. The van der Waals surface area contributed by atoms with Crippen molar-refractivity contribution in [3.05, 3.63) is 29.8 Å². The Bertz CT molecular complexity index is 297. The summed E-state index contributed by atoms with van der Waals surface area (Å²) >= 11 is 0. The van der Waals surface area contributed by atoms with Crippen LogP contribution in [0.3, 0.4) is 0 Å². The van der Waals surface area contributed by atoms with Crippen LogP contribution in [-0.2, 0) is 4.52 Å². The van der Waals surface area contributed by atoms with Gasteiger partial charge in [-0.15, -0.1) is 0 Å². The fourth-order valence-corrected chi connectivity index (χ4v) is 3.48. The normalized spacial score (nSPS) is 14.5. The zero-order chi connectivity index (χ0) is 12.0. The Morgan fingerprint density at radius 3 is 2.25 bits per heavy atom. The van der Waals surface area contributed by atoms with E-state index in [9.17, 15) is 0 Å². The summed E-state index contributed by atoms with van der Waals surface area (Å²) in [5, 5.41) is 0. The van der Waals surface area contributed by atoms with Gasteiger partial charge in [0, 0.05) is 20.4 Å². The molecule has 0 heterocycles. The Hall–Kier alpha value is -0.590. The monoisotopic (exact) mass is 240 g/mol. The van der Waals surface area contributed by atoms with Crippen molar-refractivity contribution >= 4 is 8.15 Å². The maximum absolute atomic E-state index is 5.80. The average Bonchev–Trinajstić information content (AvgIpc) is 2.35. The maximum atomic E-state index is 5.80. The van der Waals surface area contributed by atoms with Gasteiger partial charge in [-0.05, 0) is 30.8 Å². The van der Waals surface area contributed by atoms with E-state index in [1.165, 1.54) is 5.56 Å². The summed E-state index contributed by atoms with van der Waals surface area (Å²) in [6, 6.07) is 8.29. The molecule has 1 aromatic carbocycles. The maximum Gasteiger partial charge on any atom is 0.118 e. The number of rotatable bonds is 6. The molecule has 0 N–H and O–H groups in total. The zero-order valence-electron chi connectivity index (χ0n) is 10.6. The molecule has 0 fully saturated rings. The van der Waals surface area contributed by atoms with Gasteiger partial charge >= 0.3 is 0 Å². The van der Waals surface area contributed by atoms with Crippen molar-refractivity contribution < 1.29 is 9.26 Å². The summed E-state index contributed by atoms with van der Waals surface area (Å²) < 4.78 is 11.0. The van der Waals surface area contributed by atoms with Crippen molar-refractivity contribution in [3.63, 3.8) is 0 Å². The Labute approximate surface area is 99.8 Å². The van der Waals surface area contributed by atoms with Gasteiger partial charge in [0.05, 0.1) is 7.11 Å². The molecular weight excluding hydrogens is 219 g/mol. The molecule has 0 aliphatic rings. The molecule has 0 saturated carbocycles. The molecule has 0 aliphatic heterocycles. The third kappa shape index (κ3) is 3.47. The summed E-state index contributed by atoms with van der Waals surface area (Å²) in [5.41, 5.74) is 1.83. The van der Waals surface area contributed by atoms with Crippen LogP contribution in [0.4, 0.5) is 0 Å². The second-order valence-corrected chi connectivity index (χ2v) is 6.10. The van der Waals surface area contributed by atoms with Crippen molar-refractivity contribution in [1.82, 2.24) is 0 Å². The van der Waals surface area contributed by atoms with Crippen molar-refractivity contribution in [1.29, 1.82) is 0 Å². The van der Waals surface area contributed by atoms with Gasteiger partial charge in [0.25, 0.3) is 0 Å². The van der Waals surface area contributed by atoms with Crippen LogP contribution in [0.1, 0.15) is 32.0 Å². The Balaban J connectivity index is 2.73. The third-order valence-corrected chi connectivity index (χ3v) is 5.01. The molecule has 0 saturated heterocycles. The molecule has 0 radical (unpaired) electrons. The van der Waals surface area contributed by atoms with Gasteiger partial charge in [-0.2, -0.15) is 0 Å². The summed E-state index contributed by atoms with van der Waals surface area (Å²) in [5.74, 6) is 0.910. The van der Waals surface area contributed by atoms with E-state index >= 15 is 0 Å². The standard InChI is InChI=1S/C13H21O2P/c1-5-15-16(6-2)11(3)12-7-9-13(14-4)10-8-12/h7-11H,5-6H2,1-4H3. The second-order valence-electron chi connectivity index (χ2n) is 3.60. The van der Waals surface area contributed by atoms with Crippen LogP contribution in [-0.4, -0.2) is 19.9 Å². The molecule has 2 nitrogen and oxygen atoms in total. The van der Waals surface area contributed by atoms with Gasteiger partial charge in [-0.1, -0.05) is 26.0 Å². The van der Waals surface area contributed by atoms with Crippen LogP contribution >= 0.6 is 8.15 Å². The number of hydrogen-bond acceptors (Lipinski definition) is 2. The van der Waals surface area contributed by atoms with E-state index in [1.807, 2.05) is 12.1 Å². The van der Waals surface area contributed by atoms with Crippen LogP contribution in [0.2, 0.25) is 0 Å². The first-order chi connectivity index (χ1) is 7.72. The van der Waals surface area contributed by atoms with Gasteiger partial charge in [0.1, 0.15) is 5.75 Å². The van der Waals surface area contributed by atoms with Gasteiger partial charge in [0.2, 0.25) is 0 Å². The highest BCUT2D eigenvalue weighted by atomic mass is 31.1. The van der Waals surface area contributed by atoms with Crippen LogP contribution < -0.4 is 4.74 Å². The first-order valence-electron chi connectivity index (χ1n) is 5.76. The van der Waals surface area contributed by atoms with Crippen LogP contribution in [0.5, 0.6) is 5.75 Å². The minimum absolute atomic E-state index is 0.351. The zero-order valence-corrected chi connectivity index (χ0v) is 11.5. The lowest BCUT2D eigenvalue weighted by atomic mass is 10.1. The minimum Gasteiger partial charge on any atom is -0.497 e. The van der Waals surface area contributed by atoms with Gasteiger partial charge in [-0.25, -0.2) is 0 Å². The van der Waals surface area contributed by atoms with Crippen LogP contribution in [0, 0.1) is 0 Å². The highest BCUT2D eigenvalue weighted by Crippen LogP contribution is 2.51. The first kappa shape index (κ1) is 13.5. The van der Waals surface area contributed by atoms with Crippen molar-refractivity contribution in [3.8, 4) is 5.75 Å². The summed E-state index contributed by atoms with van der Waals surface area (Å²) in [6.07, 6.45) is 1.11. The van der Waals surface area contributed by atoms with Gasteiger partial charge < -0.3 is 9.26 Å². The van der Waals surface area contributed by atoms with E-state index < -0.39 is 0 Å². The molecular formula is C13H21O2P. The predicted octanol–water partition coefficient (Wildman–Crippen LogP) is 4.21. The van der Waals surface area contributed by atoms with Crippen molar-refractivity contribution in [2.24, 2.45) is 0 Å². The number of methoxy groups -OCH3 is 1. The molecule has 3 heteroatoms. The Morgan fingerprint density at radius 2 is 1.81 bits per heavy atom. The van der Waals surface area contributed by atoms with Gasteiger partial charge in [-0.3, -0.25) is 0 Å². The average molecular weight is 240 g/mol. The van der Waals surface area contributed by atoms with Crippen LogP contribution in [0.25, 0.3) is 0 Å². The molecule has 16 heavy (non-hydrogen) atoms. The van der Waals surface area contributed by atoms with Crippen molar-refractivity contribution in [2.45, 2.75) is 26.4 Å². The van der Waals surface area contributed by atoms with Crippen LogP contribution in [0.15, 0.2) is 24.3 Å². The molecule has 0 spiro atoms. The highest BCUT2D eigenvalue weighted by Gasteiger charge is 2.17. The molecule has 2 unspecified atom stereocenters. The SMILES string of the molecule is CCOP(CC)C(C)c1ccc(OC)cc1. The van der Waals surface area contributed by atoms with E-state index in [1.54, 1.807) is 7.11 Å². The molecule has 0 aliphatic carbocycles. The lowest BCUT2D eigenvalue weighted by Gasteiger charge is -2.22. The van der Waals surface area contributed by atoms with E-state index in [-0.39, 0.29) is 8.15 Å². The fraction of sp³-hybridized carbons (Fsp3) is 0.538.